The number of nitrogens with one attached hydrogen (secondary N) is 2. The highest BCUT2D eigenvalue weighted by atomic mass is 32.2. The van der Waals surface area contributed by atoms with E-state index in [2.05, 4.69) is 9.71 Å². The SMILES string of the molecule is Cc1cccc2cc(CCNS(=O)(=O)c3cccs3)c(=O)[nH]c12. The van der Waals surface area contributed by atoms with Crippen LogP contribution >= 0.6 is 11.3 Å². The quantitative estimate of drug-likeness (QED) is 0.743. The van der Waals surface area contributed by atoms with E-state index in [-0.39, 0.29) is 16.3 Å². The molecule has 0 unspecified atom stereocenters. The zero-order chi connectivity index (χ0) is 16.4. The first kappa shape index (κ1) is 15.9. The van der Waals surface area contributed by atoms with Gasteiger partial charge in [0, 0.05) is 12.1 Å². The lowest BCUT2D eigenvalue weighted by molar-refractivity contribution is 0.583. The number of benzene rings is 1. The molecule has 7 heteroatoms. The van der Waals surface area contributed by atoms with Gasteiger partial charge in [0.05, 0.1) is 5.52 Å². The van der Waals surface area contributed by atoms with Gasteiger partial charge in [-0.15, -0.1) is 11.3 Å². The number of hydrogen-bond acceptors (Lipinski definition) is 4. The number of pyridine rings is 1. The lowest BCUT2D eigenvalue weighted by atomic mass is 10.1. The summed E-state index contributed by atoms with van der Waals surface area (Å²) in [6, 6.07) is 10.9. The van der Waals surface area contributed by atoms with E-state index in [4.69, 9.17) is 0 Å². The third kappa shape index (κ3) is 3.36. The van der Waals surface area contributed by atoms with E-state index >= 15 is 0 Å². The van der Waals surface area contributed by atoms with Gasteiger partial charge < -0.3 is 4.98 Å². The molecular formula is C16H16N2O3S2. The predicted octanol–water partition coefficient (Wildman–Crippen LogP) is 2.42. The number of H-pyrrole nitrogens is 1. The molecule has 0 atom stereocenters. The van der Waals surface area contributed by atoms with Crippen molar-refractivity contribution in [2.24, 2.45) is 0 Å². The van der Waals surface area contributed by atoms with Crippen molar-refractivity contribution in [3.8, 4) is 0 Å². The Hall–Kier alpha value is -1.96. The van der Waals surface area contributed by atoms with Crippen LogP contribution in [0.3, 0.4) is 0 Å². The van der Waals surface area contributed by atoms with Gasteiger partial charge in [0.25, 0.3) is 5.56 Å². The molecule has 0 aliphatic heterocycles. The Bertz CT molecular complexity index is 990. The minimum atomic E-state index is -3.49. The molecule has 0 amide bonds. The Morgan fingerprint density at radius 2 is 2.04 bits per heavy atom. The lowest BCUT2D eigenvalue weighted by Gasteiger charge is -2.07. The molecule has 3 aromatic rings. The summed E-state index contributed by atoms with van der Waals surface area (Å²) < 4.78 is 26.9. The number of fused-ring (bicyclic) bond motifs is 1. The fourth-order valence-corrected chi connectivity index (χ4v) is 4.49. The van der Waals surface area contributed by atoms with Crippen LogP contribution in [0.1, 0.15) is 11.1 Å². The molecule has 5 nitrogen and oxygen atoms in total. The second kappa shape index (κ2) is 6.27. The van der Waals surface area contributed by atoms with Crippen LogP contribution in [0, 0.1) is 6.92 Å². The minimum Gasteiger partial charge on any atom is -0.321 e. The molecule has 0 radical (unpaired) electrons. The molecule has 0 fully saturated rings. The maximum absolute atomic E-state index is 12.1. The summed E-state index contributed by atoms with van der Waals surface area (Å²) in [5.41, 5.74) is 2.21. The Morgan fingerprint density at radius 1 is 1.22 bits per heavy atom. The van der Waals surface area contributed by atoms with Crippen molar-refractivity contribution in [2.75, 3.05) is 6.54 Å². The second-order valence-corrected chi connectivity index (χ2v) is 8.18. The van der Waals surface area contributed by atoms with Crippen molar-refractivity contribution in [3.63, 3.8) is 0 Å². The number of thiophene rings is 1. The molecule has 2 aromatic heterocycles. The van der Waals surface area contributed by atoms with Crippen molar-refractivity contribution >= 4 is 32.3 Å². The van der Waals surface area contributed by atoms with E-state index in [9.17, 15) is 13.2 Å². The van der Waals surface area contributed by atoms with Crippen molar-refractivity contribution < 1.29 is 8.42 Å². The highest BCUT2D eigenvalue weighted by Gasteiger charge is 2.14. The largest absolute Gasteiger partial charge is 0.321 e. The van der Waals surface area contributed by atoms with E-state index in [0.29, 0.717) is 12.0 Å². The summed E-state index contributed by atoms with van der Waals surface area (Å²) in [7, 11) is -3.49. The highest BCUT2D eigenvalue weighted by Crippen LogP contribution is 2.16. The van der Waals surface area contributed by atoms with E-state index in [1.165, 1.54) is 0 Å². The molecule has 23 heavy (non-hydrogen) atoms. The molecule has 0 spiro atoms. The topological polar surface area (TPSA) is 79.0 Å². The molecule has 2 heterocycles. The number of hydrogen-bond donors (Lipinski definition) is 2. The molecule has 0 bridgehead atoms. The van der Waals surface area contributed by atoms with Crippen molar-refractivity contribution in [2.45, 2.75) is 17.6 Å². The average molecular weight is 348 g/mol. The second-order valence-electron chi connectivity index (χ2n) is 5.24. The monoisotopic (exact) mass is 348 g/mol. The van der Waals surface area contributed by atoms with Crippen LogP contribution in [-0.2, 0) is 16.4 Å². The van der Waals surface area contributed by atoms with Gasteiger partial charge in [0.1, 0.15) is 4.21 Å². The molecular weight excluding hydrogens is 332 g/mol. The molecule has 0 saturated heterocycles. The summed E-state index contributed by atoms with van der Waals surface area (Å²) in [4.78, 5) is 15.0. The van der Waals surface area contributed by atoms with Crippen LogP contribution in [0.4, 0.5) is 0 Å². The van der Waals surface area contributed by atoms with Gasteiger partial charge in [0.15, 0.2) is 0 Å². The minimum absolute atomic E-state index is 0.179. The van der Waals surface area contributed by atoms with Gasteiger partial charge >= 0.3 is 0 Å². The smallest absolute Gasteiger partial charge is 0.251 e. The predicted molar refractivity (Wildman–Crippen MR) is 92.5 cm³/mol. The normalized spacial score (nSPS) is 11.9. The van der Waals surface area contributed by atoms with E-state index in [0.717, 1.165) is 27.8 Å². The number of aryl methyl sites for hydroxylation is 1. The van der Waals surface area contributed by atoms with Gasteiger partial charge in [-0.25, -0.2) is 13.1 Å². The van der Waals surface area contributed by atoms with Crippen LogP contribution < -0.4 is 10.3 Å². The van der Waals surface area contributed by atoms with Gasteiger partial charge in [-0.3, -0.25) is 4.79 Å². The van der Waals surface area contributed by atoms with E-state index < -0.39 is 10.0 Å². The van der Waals surface area contributed by atoms with Crippen LogP contribution in [0.15, 0.2) is 50.8 Å². The molecule has 3 rings (SSSR count). The molecule has 2 N–H and O–H groups in total. The first-order valence-electron chi connectivity index (χ1n) is 7.12. The Labute approximate surface area is 138 Å². The van der Waals surface area contributed by atoms with Crippen LogP contribution in [-0.4, -0.2) is 19.9 Å². The van der Waals surface area contributed by atoms with Crippen molar-refractivity contribution in [3.05, 3.63) is 63.3 Å². The molecule has 1 aromatic carbocycles. The molecule has 0 saturated carbocycles. The first-order valence-corrected chi connectivity index (χ1v) is 9.48. The zero-order valence-electron chi connectivity index (χ0n) is 12.5. The standard InChI is InChI=1S/C16H16N2O3S2/c1-11-4-2-5-12-10-13(16(19)18-15(11)12)7-8-17-23(20,21)14-6-3-9-22-14/h2-6,9-10,17H,7-8H2,1H3,(H,18,19). The number of para-hydroxylation sites is 1. The summed E-state index contributed by atoms with van der Waals surface area (Å²) in [6.07, 6.45) is 0.337. The van der Waals surface area contributed by atoms with Crippen LogP contribution in [0.2, 0.25) is 0 Å². The molecule has 120 valence electrons. The number of rotatable bonds is 5. The zero-order valence-corrected chi connectivity index (χ0v) is 14.1. The molecule has 0 aliphatic rings. The maximum atomic E-state index is 12.1. The highest BCUT2D eigenvalue weighted by molar-refractivity contribution is 7.91. The summed E-state index contributed by atoms with van der Waals surface area (Å²) in [5.74, 6) is 0. The number of aromatic nitrogens is 1. The summed E-state index contributed by atoms with van der Waals surface area (Å²) >= 11 is 1.16. The summed E-state index contributed by atoms with van der Waals surface area (Å²) in [6.45, 7) is 2.12. The van der Waals surface area contributed by atoms with Gasteiger partial charge in [0.2, 0.25) is 10.0 Å². The fourth-order valence-electron chi connectivity index (χ4n) is 2.42. The first-order chi connectivity index (χ1) is 11.0. The van der Waals surface area contributed by atoms with Crippen molar-refractivity contribution in [1.29, 1.82) is 0 Å². The third-order valence-electron chi connectivity index (χ3n) is 3.61. The van der Waals surface area contributed by atoms with Crippen LogP contribution in [0.25, 0.3) is 10.9 Å². The molecule has 0 aliphatic carbocycles. The summed E-state index contributed by atoms with van der Waals surface area (Å²) in [5, 5.41) is 2.66. The number of aromatic amines is 1. The van der Waals surface area contributed by atoms with Crippen molar-refractivity contribution in [1.82, 2.24) is 9.71 Å². The van der Waals surface area contributed by atoms with Gasteiger partial charge in [-0.2, -0.15) is 0 Å². The van der Waals surface area contributed by atoms with E-state index in [1.54, 1.807) is 17.5 Å². The van der Waals surface area contributed by atoms with Gasteiger partial charge in [-0.1, -0.05) is 24.3 Å². The third-order valence-corrected chi connectivity index (χ3v) is 6.47. The van der Waals surface area contributed by atoms with E-state index in [1.807, 2.05) is 31.2 Å². The lowest BCUT2D eigenvalue weighted by Crippen LogP contribution is -2.27. The Balaban J connectivity index is 1.78. The Morgan fingerprint density at radius 3 is 2.78 bits per heavy atom. The van der Waals surface area contributed by atoms with Gasteiger partial charge in [-0.05, 0) is 41.8 Å². The van der Waals surface area contributed by atoms with Crippen LogP contribution in [0.5, 0.6) is 0 Å². The number of sulfonamides is 1. The average Bonchev–Trinajstić information content (AvgIpc) is 3.04. The fraction of sp³-hybridized carbons (Fsp3) is 0.188. The Kier molecular flexibility index (Phi) is 4.34. The maximum Gasteiger partial charge on any atom is 0.251 e.